The maximum atomic E-state index is 9.59. The minimum absolute atomic E-state index is 0.00855. The van der Waals surface area contributed by atoms with Gasteiger partial charge in [0, 0.05) is 27.7 Å². The fourth-order valence-electron chi connectivity index (χ4n) is 6.57. The normalized spacial score (nSPS) is 16.0. The molecule has 0 bridgehead atoms. The van der Waals surface area contributed by atoms with E-state index < -0.39 is 114 Å². The van der Waals surface area contributed by atoms with Gasteiger partial charge in [-0.3, -0.25) is 0 Å². The fraction of sp³-hybridized carbons (Fsp3) is 0. The Bertz CT molecular complexity index is 3890. The predicted molar refractivity (Wildman–Crippen MR) is 228 cm³/mol. The third kappa shape index (κ3) is 5.71. The molecule has 0 N–H and O–H groups in total. The van der Waals surface area contributed by atoms with Crippen molar-refractivity contribution in [1.82, 2.24) is 0 Å². The highest BCUT2D eigenvalue weighted by Gasteiger charge is 2.18. The van der Waals surface area contributed by atoms with E-state index in [4.69, 9.17) is 26.3 Å². The zero-order valence-electron chi connectivity index (χ0n) is 46.2. The van der Waals surface area contributed by atoms with Crippen molar-refractivity contribution in [2.24, 2.45) is 0 Å². The van der Waals surface area contributed by atoms with Gasteiger partial charge in [-0.25, -0.2) is 0 Å². The van der Waals surface area contributed by atoms with Crippen LogP contribution in [0.5, 0.6) is 0 Å². The second-order valence-electron chi connectivity index (χ2n) is 12.3. The van der Waals surface area contributed by atoms with Gasteiger partial charge in [-0.1, -0.05) is 163 Å². The lowest BCUT2D eigenvalue weighted by molar-refractivity contribution is 0.669. The quantitative estimate of drug-likeness (QED) is 0.164. The largest absolute Gasteiger partial charge is 0.456 e. The summed E-state index contributed by atoms with van der Waals surface area (Å²) in [6.07, 6.45) is 0. The molecule has 2 heteroatoms. The van der Waals surface area contributed by atoms with E-state index in [2.05, 4.69) is 0 Å². The summed E-state index contributed by atoms with van der Waals surface area (Å²) in [7, 11) is 0. The predicted octanol–water partition coefficient (Wildman–Crippen LogP) is 14.9. The average molecular weight is 708 g/mol. The van der Waals surface area contributed by atoms with Crippen molar-refractivity contribution < 1.29 is 29.1 Å². The maximum absolute atomic E-state index is 9.59. The molecule has 9 aromatic carbocycles. The molecule has 0 fully saturated rings. The summed E-state index contributed by atoms with van der Waals surface area (Å²) in [5.41, 5.74) is 2.76. The van der Waals surface area contributed by atoms with Crippen LogP contribution in [0, 0.1) is 0 Å². The van der Waals surface area contributed by atoms with Crippen LogP contribution in [0.25, 0.3) is 77.2 Å². The summed E-state index contributed by atoms with van der Waals surface area (Å²) in [4.78, 5) is 1.93. The topological polar surface area (TPSA) is 16.4 Å². The van der Waals surface area contributed by atoms with Crippen molar-refractivity contribution in [3.05, 3.63) is 212 Å². The van der Waals surface area contributed by atoms with E-state index in [0.29, 0.717) is 28.2 Å². The summed E-state index contributed by atoms with van der Waals surface area (Å²) in [6.45, 7) is 0. The first kappa shape index (κ1) is 18.1. The number of benzene rings is 9. The molecular formula is C52H35NO. The van der Waals surface area contributed by atoms with Crippen LogP contribution in [0.2, 0.25) is 0 Å². The van der Waals surface area contributed by atoms with Crippen molar-refractivity contribution in [1.29, 1.82) is 0 Å². The molecule has 54 heavy (non-hydrogen) atoms. The van der Waals surface area contributed by atoms with Crippen molar-refractivity contribution in [2.45, 2.75) is 0 Å². The van der Waals surface area contributed by atoms with Crippen LogP contribution in [0.1, 0.15) is 24.7 Å². The number of furan rings is 1. The Hall–Kier alpha value is -7.16. The molecule has 0 aliphatic rings. The smallest absolute Gasteiger partial charge is 0.136 e. The van der Waals surface area contributed by atoms with E-state index in [9.17, 15) is 2.74 Å². The average Bonchev–Trinajstić information content (AvgIpc) is 3.79. The van der Waals surface area contributed by atoms with Gasteiger partial charge in [0.1, 0.15) is 11.2 Å². The second-order valence-corrected chi connectivity index (χ2v) is 12.3. The third-order valence-corrected chi connectivity index (χ3v) is 9.13. The molecule has 0 atom stereocenters. The molecule has 10 aromatic rings. The van der Waals surface area contributed by atoms with Gasteiger partial charge >= 0.3 is 0 Å². The molecule has 0 amide bonds. The van der Waals surface area contributed by atoms with Gasteiger partial charge < -0.3 is 9.32 Å². The van der Waals surface area contributed by atoms with E-state index in [-0.39, 0.29) is 49.9 Å². The van der Waals surface area contributed by atoms with Crippen molar-refractivity contribution >= 4 is 49.8 Å². The van der Waals surface area contributed by atoms with Gasteiger partial charge in [0.05, 0.1) is 30.4 Å². The Morgan fingerprint density at radius 2 is 0.963 bits per heavy atom. The van der Waals surface area contributed by atoms with E-state index in [0.717, 1.165) is 11.1 Å². The lowest BCUT2D eigenvalue weighted by Crippen LogP contribution is -2.11. The van der Waals surface area contributed by atoms with Gasteiger partial charge in [-0.2, -0.15) is 0 Å². The molecule has 0 saturated heterocycles. The SMILES string of the molecule is [2H]c1c([2H])c([2H])c(-c2c([2H])c([2H])c(-c3ccc(N(c4ccc(-c5c([2H])c([2H])c6c([2H])c([2H])c7oc8c([2H])c([2H])c([2H])c([2H])c8c7c6c5[2H])cc4)c4ccccc4-c4ccccc4)cc3)c([2H])c2[2H])c([2H])c1[2H]. The van der Waals surface area contributed by atoms with E-state index >= 15 is 0 Å². The van der Waals surface area contributed by atoms with Crippen LogP contribution in [-0.2, 0) is 0 Å². The molecule has 10 rings (SSSR count). The molecule has 254 valence electrons. The molecule has 1 aromatic heterocycles. The van der Waals surface area contributed by atoms with Crippen LogP contribution in [0.4, 0.5) is 17.1 Å². The monoisotopic (exact) mass is 707 g/mol. The van der Waals surface area contributed by atoms with Crippen molar-refractivity contribution in [3.8, 4) is 44.5 Å². The summed E-state index contributed by atoms with van der Waals surface area (Å²) >= 11 is 0. The number of nitrogens with zero attached hydrogens (tertiary/aromatic N) is 1. The lowest BCUT2D eigenvalue weighted by atomic mass is 9.97. The minimum atomic E-state index is -0.673. The van der Waals surface area contributed by atoms with Crippen LogP contribution in [0.3, 0.4) is 0 Å². The second kappa shape index (κ2) is 13.4. The molecule has 0 spiro atoms. The van der Waals surface area contributed by atoms with E-state index in [1.165, 1.54) is 0 Å². The Morgan fingerprint density at radius 1 is 0.389 bits per heavy atom. The van der Waals surface area contributed by atoms with Crippen LogP contribution < -0.4 is 4.90 Å². The Labute approximate surface area is 340 Å². The molecule has 0 saturated carbocycles. The number of hydrogen-bond donors (Lipinski definition) is 0. The minimum Gasteiger partial charge on any atom is -0.456 e. The van der Waals surface area contributed by atoms with Gasteiger partial charge in [-0.05, 0) is 98.2 Å². The molecule has 1 heterocycles. The number of hydrogen-bond acceptors (Lipinski definition) is 2. The van der Waals surface area contributed by atoms with Crippen LogP contribution in [-0.4, -0.2) is 0 Å². The highest BCUT2D eigenvalue weighted by Crippen LogP contribution is 2.42. The maximum Gasteiger partial charge on any atom is 0.136 e. The number of rotatable bonds is 7. The fourth-order valence-corrected chi connectivity index (χ4v) is 6.57. The Morgan fingerprint density at radius 3 is 1.70 bits per heavy atom. The number of fused-ring (bicyclic) bond motifs is 5. The molecule has 2 nitrogen and oxygen atoms in total. The Balaban J connectivity index is 1.13. The molecule has 0 aliphatic carbocycles. The summed E-state index contributed by atoms with van der Waals surface area (Å²) in [5.74, 6) is 0. The standard InChI is InChI=1S/C52H35NO/c1-3-11-36(12-4-1)37-19-21-38(22-20-37)39-25-30-44(31-26-39)53(49-17-9-7-15-46(49)41-13-5-2-6-14-41)45-32-27-40(28-33-45)43-24-23-42-29-34-51-52(48(42)35-43)47-16-8-10-18-50(47)54-51/h1-35H/i1D,3D,4D,8D,10D,11D,12D,16D,18D,19D,20D,21D,22D,23D,24D,29D,34D,35D. The zero-order valence-corrected chi connectivity index (χ0v) is 28.2. The van der Waals surface area contributed by atoms with Gasteiger partial charge in [0.2, 0.25) is 0 Å². The molecule has 0 aliphatic heterocycles. The first-order valence-electron chi connectivity index (χ1n) is 26.0. The van der Waals surface area contributed by atoms with Crippen molar-refractivity contribution in [3.63, 3.8) is 0 Å². The number of para-hydroxylation sites is 2. The first-order chi connectivity index (χ1) is 34.3. The summed E-state index contributed by atoms with van der Waals surface area (Å²) in [6, 6.07) is 21.1. The van der Waals surface area contributed by atoms with E-state index in [1.807, 2.05) is 59.5 Å². The van der Waals surface area contributed by atoms with Crippen LogP contribution >= 0.6 is 0 Å². The van der Waals surface area contributed by atoms with Gasteiger partial charge in [0.15, 0.2) is 0 Å². The first-order valence-corrected chi connectivity index (χ1v) is 17.0. The van der Waals surface area contributed by atoms with Gasteiger partial charge in [-0.15, -0.1) is 0 Å². The zero-order chi connectivity index (χ0) is 51.5. The van der Waals surface area contributed by atoms with Crippen molar-refractivity contribution in [2.75, 3.05) is 4.90 Å². The highest BCUT2D eigenvalue weighted by molar-refractivity contribution is 6.19. The summed E-state index contributed by atoms with van der Waals surface area (Å²) in [5, 5.41) is -0.417. The lowest BCUT2D eigenvalue weighted by Gasteiger charge is -2.28. The summed E-state index contributed by atoms with van der Waals surface area (Å²) < 4.78 is 162. The van der Waals surface area contributed by atoms with Gasteiger partial charge in [0.25, 0.3) is 0 Å². The van der Waals surface area contributed by atoms with Crippen LogP contribution in [0.15, 0.2) is 216 Å². The molecule has 0 unspecified atom stereocenters. The molecule has 0 radical (unpaired) electrons. The van der Waals surface area contributed by atoms with E-state index in [1.54, 1.807) is 48.5 Å². The highest BCUT2D eigenvalue weighted by atomic mass is 16.3. The Kier molecular flexibility index (Phi) is 4.49. The molecular weight excluding hydrogens is 655 g/mol. The number of anilines is 3. The third-order valence-electron chi connectivity index (χ3n) is 9.13.